The summed E-state index contributed by atoms with van der Waals surface area (Å²) in [5, 5.41) is 1.97. The Morgan fingerprint density at radius 2 is 1.79 bits per heavy atom. The van der Waals surface area contributed by atoms with E-state index in [4.69, 9.17) is 0 Å². The minimum atomic E-state index is -4.65. The Balaban J connectivity index is 1.94. The first-order valence-corrected chi connectivity index (χ1v) is 8.14. The number of urea groups is 1. The quantitative estimate of drug-likeness (QED) is 0.643. The molecule has 1 N–H and O–H groups in total. The Morgan fingerprint density at radius 1 is 1.07 bits per heavy atom. The maximum absolute atomic E-state index is 12.9. The molecule has 1 heterocycles. The fraction of sp³-hybridized carbons (Fsp3) is 0.158. The first-order valence-electron chi connectivity index (χ1n) is 8.14. The van der Waals surface area contributed by atoms with Crippen LogP contribution in [0, 0.1) is 12.8 Å². The van der Waals surface area contributed by atoms with Gasteiger partial charge in [-0.1, -0.05) is 24.3 Å². The van der Waals surface area contributed by atoms with Crippen LogP contribution in [-0.2, 0) is 15.8 Å². The van der Waals surface area contributed by atoms with E-state index in [1.807, 2.05) is 5.32 Å². The molecular weight excluding hydrogens is 375 g/mol. The lowest BCUT2D eigenvalue weighted by molar-refractivity contribution is -0.138. The molecular formula is C19H14F3N3O3. The smallest absolute Gasteiger partial charge is 0.276 e. The van der Waals surface area contributed by atoms with Gasteiger partial charge in [0, 0.05) is 6.21 Å². The molecule has 3 rings (SSSR count). The van der Waals surface area contributed by atoms with Crippen molar-refractivity contribution in [1.29, 1.82) is 0 Å². The Labute approximate surface area is 157 Å². The van der Waals surface area contributed by atoms with E-state index in [0.29, 0.717) is 16.7 Å². The third kappa shape index (κ3) is 3.78. The summed E-state index contributed by atoms with van der Waals surface area (Å²) in [6.45, 7) is 1.79. The molecule has 0 bridgehead atoms. The molecule has 0 radical (unpaired) electrons. The molecule has 0 aliphatic carbocycles. The van der Waals surface area contributed by atoms with Crippen molar-refractivity contribution in [3.05, 3.63) is 59.7 Å². The number of hydrogen-bond acceptors (Lipinski definition) is 4. The van der Waals surface area contributed by atoms with Gasteiger partial charge < -0.3 is 0 Å². The predicted octanol–water partition coefficient (Wildman–Crippen LogP) is 3.62. The minimum absolute atomic E-state index is 0.292. The van der Waals surface area contributed by atoms with E-state index >= 15 is 0 Å². The molecule has 0 spiro atoms. The maximum Gasteiger partial charge on any atom is 0.416 e. The van der Waals surface area contributed by atoms with Crippen LogP contribution in [0.25, 0.3) is 0 Å². The van der Waals surface area contributed by atoms with Crippen LogP contribution in [0.5, 0.6) is 0 Å². The second kappa shape index (κ2) is 7.26. The summed E-state index contributed by atoms with van der Waals surface area (Å²) in [5.74, 6) is -3.33. The largest absolute Gasteiger partial charge is 0.416 e. The van der Waals surface area contributed by atoms with E-state index in [0.717, 1.165) is 23.9 Å². The third-order valence-electron chi connectivity index (χ3n) is 4.11. The van der Waals surface area contributed by atoms with Gasteiger partial charge in [-0.05, 0) is 36.8 Å². The predicted molar refractivity (Wildman–Crippen MR) is 95.3 cm³/mol. The number of carbonyl (C=O) groups is 3. The normalized spacial score (nSPS) is 17.9. The number of nitrogens with zero attached hydrogens (tertiary/aromatic N) is 2. The van der Waals surface area contributed by atoms with Gasteiger partial charge in [0.2, 0.25) is 5.91 Å². The number of imide groups is 2. The van der Waals surface area contributed by atoms with Crippen molar-refractivity contribution in [1.82, 2.24) is 5.32 Å². The van der Waals surface area contributed by atoms with E-state index in [2.05, 4.69) is 4.99 Å². The van der Waals surface area contributed by atoms with Gasteiger partial charge in [-0.3, -0.25) is 19.9 Å². The van der Waals surface area contributed by atoms with Crippen LogP contribution in [0.2, 0.25) is 0 Å². The van der Waals surface area contributed by atoms with Gasteiger partial charge in [0.05, 0.1) is 16.9 Å². The molecule has 1 saturated heterocycles. The van der Waals surface area contributed by atoms with Crippen molar-refractivity contribution in [3.8, 4) is 0 Å². The first kappa shape index (κ1) is 19.3. The molecule has 1 aliphatic rings. The lowest BCUT2D eigenvalue weighted by Gasteiger charge is -2.28. The number of rotatable bonds is 3. The zero-order valence-corrected chi connectivity index (χ0v) is 14.5. The van der Waals surface area contributed by atoms with Crippen LogP contribution in [0.3, 0.4) is 0 Å². The molecule has 0 unspecified atom stereocenters. The number of nitrogens with one attached hydrogen (secondary N) is 1. The van der Waals surface area contributed by atoms with Crippen LogP contribution < -0.4 is 10.2 Å². The number of carbonyl (C=O) groups excluding carboxylic acids is 3. The lowest BCUT2D eigenvalue weighted by atomic mass is 10.0. The highest BCUT2D eigenvalue weighted by Gasteiger charge is 2.41. The highest BCUT2D eigenvalue weighted by Crippen LogP contribution is 2.32. The van der Waals surface area contributed by atoms with Crippen LogP contribution in [-0.4, -0.2) is 24.1 Å². The number of hydrogen-bond donors (Lipinski definition) is 1. The third-order valence-corrected chi connectivity index (χ3v) is 4.11. The molecule has 144 valence electrons. The second-order valence-electron chi connectivity index (χ2n) is 6.06. The summed E-state index contributed by atoms with van der Waals surface area (Å²) in [6, 6.07) is 9.60. The molecule has 0 saturated carbocycles. The molecule has 2 aromatic rings. The number of aliphatic imine (C=N–C) groups is 1. The average Bonchev–Trinajstić information content (AvgIpc) is 2.62. The van der Waals surface area contributed by atoms with Crippen LogP contribution in [0.15, 0.2) is 53.5 Å². The van der Waals surface area contributed by atoms with Crippen molar-refractivity contribution in [3.63, 3.8) is 0 Å². The number of para-hydroxylation sites is 1. The summed E-state index contributed by atoms with van der Waals surface area (Å²) >= 11 is 0. The van der Waals surface area contributed by atoms with Gasteiger partial charge in [-0.15, -0.1) is 0 Å². The average molecular weight is 389 g/mol. The second-order valence-corrected chi connectivity index (χ2v) is 6.06. The highest BCUT2D eigenvalue weighted by molar-refractivity contribution is 6.32. The summed E-state index contributed by atoms with van der Waals surface area (Å²) < 4.78 is 38.8. The van der Waals surface area contributed by atoms with Crippen LogP contribution in [0.4, 0.5) is 29.3 Å². The summed E-state index contributed by atoms with van der Waals surface area (Å²) in [6.07, 6.45) is -3.57. The summed E-state index contributed by atoms with van der Waals surface area (Å²) in [5.41, 5.74) is 0.00518. The monoisotopic (exact) mass is 389 g/mol. The Morgan fingerprint density at radius 3 is 2.46 bits per heavy atom. The molecule has 1 fully saturated rings. The molecule has 0 aromatic heterocycles. The van der Waals surface area contributed by atoms with E-state index in [-0.39, 0.29) is 5.69 Å². The van der Waals surface area contributed by atoms with Crippen molar-refractivity contribution in [2.75, 3.05) is 4.90 Å². The molecule has 1 aliphatic heterocycles. The Bertz CT molecular complexity index is 986. The van der Waals surface area contributed by atoms with Crippen molar-refractivity contribution < 1.29 is 27.6 Å². The zero-order chi connectivity index (χ0) is 20.5. The summed E-state index contributed by atoms with van der Waals surface area (Å²) in [4.78, 5) is 41.5. The molecule has 1 atom stereocenters. The lowest BCUT2D eigenvalue weighted by Crippen LogP contribution is -2.58. The van der Waals surface area contributed by atoms with Gasteiger partial charge in [0.1, 0.15) is 0 Å². The van der Waals surface area contributed by atoms with Crippen molar-refractivity contribution in [2.24, 2.45) is 10.9 Å². The fourth-order valence-corrected chi connectivity index (χ4v) is 2.65. The van der Waals surface area contributed by atoms with Crippen molar-refractivity contribution in [2.45, 2.75) is 13.1 Å². The van der Waals surface area contributed by atoms with Crippen molar-refractivity contribution >= 4 is 35.4 Å². The number of alkyl halides is 3. The number of anilines is 1. The van der Waals surface area contributed by atoms with E-state index < -0.39 is 35.5 Å². The number of barbiturate groups is 1. The molecule has 9 heteroatoms. The SMILES string of the molecule is Cc1ccccc1N=C[C@H]1C(=O)NC(=O)N(c2cccc(C(F)(F)F)c2)C1=O. The standard InChI is InChI=1S/C19H14F3N3O3/c1-11-5-2-3-8-15(11)23-10-14-16(26)24-18(28)25(17(14)27)13-7-4-6-12(9-13)19(20,21)22/h2-10,14H,1H3,(H,24,26,28)/t14-/m0/s1. The van der Waals surface area contributed by atoms with E-state index in [1.54, 1.807) is 31.2 Å². The highest BCUT2D eigenvalue weighted by atomic mass is 19.4. The van der Waals surface area contributed by atoms with Crippen LogP contribution in [0.1, 0.15) is 11.1 Å². The molecule has 6 nitrogen and oxygen atoms in total. The maximum atomic E-state index is 12.9. The topological polar surface area (TPSA) is 78.8 Å². The van der Waals surface area contributed by atoms with E-state index in [1.165, 1.54) is 6.07 Å². The van der Waals surface area contributed by atoms with E-state index in [9.17, 15) is 27.6 Å². The number of benzene rings is 2. The number of halogens is 3. The molecule has 4 amide bonds. The minimum Gasteiger partial charge on any atom is -0.276 e. The number of aryl methyl sites for hydroxylation is 1. The zero-order valence-electron chi connectivity index (χ0n) is 14.5. The van der Waals surface area contributed by atoms with Gasteiger partial charge >= 0.3 is 12.2 Å². The van der Waals surface area contributed by atoms with Gasteiger partial charge in [0.25, 0.3) is 5.91 Å². The Kier molecular flexibility index (Phi) is 5.00. The fourth-order valence-electron chi connectivity index (χ4n) is 2.65. The number of amides is 4. The first-order chi connectivity index (χ1) is 13.2. The molecule has 2 aromatic carbocycles. The summed E-state index contributed by atoms with van der Waals surface area (Å²) in [7, 11) is 0. The van der Waals surface area contributed by atoms with Gasteiger partial charge in [0.15, 0.2) is 5.92 Å². The molecule has 28 heavy (non-hydrogen) atoms. The van der Waals surface area contributed by atoms with Crippen LogP contribution >= 0.6 is 0 Å². The van der Waals surface area contributed by atoms with Gasteiger partial charge in [-0.2, -0.15) is 13.2 Å². The van der Waals surface area contributed by atoms with Gasteiger partial charge in [-0.25, -0.2) is 9.69 Å². The Hall–Kier alpha value is -3.49.